The van der Waals surface area contributed by atoms with E-state index in [0.717, 1.165) is 5.56 Å². The molecule has 1 unspecified atom stereocenters. The van der Waals surface area contributed by atoms with E-state index < -0.39 is 5.97 Å². The molecule has 0 saturated carbocycles. The lowest BCUT2D eigenvalue weighted by Crippen LogP contribution is -2.31. The van der Waals surface area contributed by atoms with Crippen molar-refractivity contribution >= 4 is 34.8 Å². The van der Waals surface area contributed by atoms with Gasteiger partial charge in [0.15, 0.2) is 5.69 Å². The first kappa shape index (κ1) is 17.4. The van der Waals surface area contributed by atoms with Gasteiger partial charge in [0.1, 0.15) is 0 Å². The summed E-state index contributed by atoms with van der Waals surface area (Å²) in [6.07, 6.45) is 1.09. The van der Waals surface area contributed by atoms with Crippen LogP contribution in [-0.4, -0.2) is 28.5 Å². The standard InChI is InChI=1S/C16H17ClN2O3S/c1-10(8-11-4-2-3-5-12(11)17)15(20)18-7-6-14-19-13(9-23-14)16(21)22/h2-5,9-10H,6-8H2,1H3,(H,18,20)(H,21,22). The predicted octanol–water partition coefficient (Wildman–Crippen LogP) is 3.03. The van der Waals surface area contributed by atoms with Gasteiger partial charge in [0.2, 0.25) is 5.91 Å². The third-order valence-corrected chi connectivity index (χ3v) is 4.62. The number of nitrogens with one attached hydrogen (secondary N) is 1. The molecule has 5 nitrogen and oxygen atoms in total. The second-order valence-electron chi connectivity index (χ2n) is 5.17. The van der Waals surface area contributed by atoms with Gasteiger partial charge in [-0.15, -0.1) is 11.3 Å². The molecule has 0 radical (unpaired) electrons. The van der Waals surface area contributed by atoms with Crippen LogP contribution >= 0.6 is 22.9 Å². The molecule has 0 bridgehead atoms. The van der Waals surface area contributed by atoms with E-state index in [9.17, 15) is 9.59 Å². The average molecular weight is 353 g/mol. The molecule has 0 aliphatic carbocycles. The number of carbonyl (C=O) groups excluding carboxylic acids is 1. The van der Waals surface area contributed by atoms with Crippen molar-refractivity contribution in [3.8, 4) is 0 Å². The molecule has 1 amide bonds. The van der Waals surface area contributed by atoms with E-state index in [0.29, 0.717) is 29.4 Å². The number of carboxylic acid groups (broad SMARTS) is 1. The predicted molar refractivity (Wildman–Crippen MR) is 90.1 cm³/mol. The molecule has 1 aromatic heterocycles. The molecule has 2 rings (SSSR count). The van der Waals surface area contributed by atoms with Crippen LogP contribution in [0, 0.1) is 5.92 Å². The van der Waals surface area contributed by atoms with Crippen LogP contribution in [-0.2, 0) is 17.6 Å². The number of aromatic carboxylic acids is 1. The van der Waals surface area contributed by atoms with Crippen molar-refractivity contribution in [1.82, 2.24) is 10.3 Å². The van der Waals surface area contributed by atoms with Crippen molar-refractivity contribution in [3.05, 3.63) is 50.9 Å². The first-order chi connectivity index (χ1) is 11.0. The highest BCUT2D eigenvalue weighted by Crippen LogP contribution is 2.18. The summed E-state index contributed by atoms with van der Waals surface area (Å²) in [5, 5.41) is 14.5. The number of halogens is 1. The van der Waals surface area contributed by atoms with Crippen LogP contribution in [0.4, 0.5) is 0 Å². The van der Waals surface area contributed by atoms with Crippen molar-refractivity contribution < 1.29 is 14.7 Å². The minimum absolute atomic E-state index is 0.0448. The minimum atomic E-state index is -1.04. The Bertz CT molecular complexity index is 702. The number of carboxylic acids is 1. The first-order valence-electron chi connectivity index (χ1n) is 7.16. The highest BCUT2D eigenvalue weighted by molar-refractivity contribution is 7.09. The van der Waals surface area contributed by atoms with Gasteiger partial charge < -0.3 is 10.4 Å². The van der Waals surface area contributed by atoms with Crippen molar-refractivity contribution in [1.29, 1.82) is 0 Å². The van der Waals surface area contributed by atoms with Crippen molar-refractivity contribution in [2.45, 2.75) is 19.8 Å². The summed E-state index contributed by atoms with van der Waals surface area (Å²) in [6, 6.07) is 7.48. The van der Waals surface area contributed by atoms with Gasteiger partial charge in [0, 0.05) is 29.3 Å². The Morgan fingerprint density at radius 1 is 1.39 bits per heavy atom. The van der Waals surface area contributed by atoms with Gasteiger partial charge in [0.25, 0.3) is 0 Å². The Morgan fingerprint density at radius 3 is 2.78 bits per heavy atom. The zero-order chi connectivity index (χ0) is 16.8. The number of carbonyl (C=O) groups is 2. The lowest BCUT2D eigenvalue weighted by molar-refractivity contribution is -0.124. The van der Waals surface area contributed by atoms with Gasteiger partial charge in [-0.3, -0.25) is 4.79 Å². The molecular weight excluding hydrogens is 336 g/mol. The summed E-state index contributed by atoms with van der Waals surface area (Å²) in [4.78, 5) is 26.8. The zero-order valence-electron chi connectivity index (χ0n) is 12.6. The molecule has 1 aromatic carbocycles. The maximum absolute atomic E-state index is 12.1. The molecule has 2 aromatic rings. The van der Waals surface area contributed by atoms with Crippen LogP contribution in [0.25, 0.3) is 0 Å². The van der Waals surface area contributed by atoms with Gasteiger partial charge in [-0.25, -0.2) is 9.78 Å². The lowest BCUT2D eigenvalue weighted by Gasteiger charge is -2.12. The molecular formula is C16H17ClN2O3S. The van der Waals surface area contributed by atoms with Crippen LogP contribution in [0.5, 0.6) is 0 Å². The molecule has 0 spiro atoms. The number of aromatic nitrogens is 1. The van der Waals surface area contributed by atoms with E-state index in [4.69, 9.17) is 16.7 Å². The van der Waals surface area contributed by atoms with Crippen LogP contribution in [0.1, 0.15) is 28.0 Å². The summed E-state index contributed by atoms with van der Waals surface area (Å²) in [5.41, 5.74) is 0.992. The summed E-state index contributed by atoms with van der Waals surface area (Å²) < 4.78 is 0. The van der Waals surface area contributed by atoms with E-state index in [1.165, 1.54) is 16.7 Å². The monoisotopic (exact) mass is 352 g/mol. The molecule has 1 heterocycles. The fraction of sp³-hybridized carbons (Fsp3) is 0.312. The molecule has 0 fully saturated rings. The summed E-state index contributed by atoms with van der Waals surface area (Å²) >= 11 is 7.38. The number of thiazole rings is 1. The van der Waals surface area contributed by atoms with Crippen molar-refractivity contribution in [2.24, 2.45) is 5.92 Å². The Kier molecular flexibility index (Phi) is 6.12. The largest absolute Gasteiger partial charge is 0.476 e. The number of nitrogens with zero attached hydrogens (tertiary/aromatic N) is 1. The van der Waals surface area contributed by atoms with E-state index >= 15 is 0 Å². The number of hydrogen-bond acceptors (Lipinski definition) is 4. The molecule has 122 valence electrons. The third-order valence-electron chi connectivity index (χ3n) is 3.34. The zero-order valence-corrected chi connectivity index (χ0v) is 14.2. The number of amides is 1. The van der Waals surface area contributed by atoms with E-state index in [1.807, 2.05) is 31.2 Å². The van der Waals surface area contributed by atoms with Crippen LogP contribution < -0.4 is 5.32 Å². The Balaban J connectivity index is 1.79. The maximum atomic E-state index is 12.1. The van der Waals surface area contributed by atoms with Gasteiger partial charge in [-0.2, -0.15) is 0 Å². The first-order valence-corrected chi connectivity index (χ1v) is 8.42. The highest BCUT2D eigenvalue weighted by Gasteiger charge is 2.15. The van der Waals surface area contributed by atoms with Crippen molar-refractivity contribution in [2.75, 3.05) is 6.54 Å². The van der Waals surface area contributed by atoms with Gasteiger partial charge in [-0.05, 0) is 18.1 Å². The van der Waals surface area contributed by atoms with Gasteiger partial charge >= 0.3 is 5.97 Å². The SMILES string of the molecule is CC(Cc1ccccc1Cl)C(=O)NCCc1nc(C(=O)O)cs1. The van der Waals surface area contributed by atoms with Crippen LogP contribution in [0.15, 0.2) is 29.6 Å². The molecule has 0 aliphatic rings. The molecule has 1 atom stereocenters. The highest BCUT2D eigenvalue weighted by atomic mass is 35.5. The fourth-order valence-electron chi connectivity index (χ4n) is 2.08. The molecule has 0 saturated heterocycles. The quantitative estimate of drug-likeness (QED) is 0.802. The van der Waals surface area contributed by atoms with Crippen LogP contribution in [0.3, 0.4) is 0 Å². The van der Waals surface area contributed by atoms with E-state index in [-0.39, 0.29) is 17.5 Å². The lowest BCUT2D eigenvalue weighted by atomic mass is 10.0. The summed E-state index contributed by atoms with van der Waals surface area (Å²) in [7, 11) is 0. The minimum Gasteiger partial charge on any atom is -0.476 e. The average Bonchev–Trinajstić information content (AvgIpc) is 2.98. The molecule has 2 N–H and O–H groups in total. The molecule has 7 heteroatoms. The summed E-state index contributed by atoms with van der Waals surface area (Å²) in [6.45, 7) is 2.28. The number of rotatable bonds is 7. The maximum Gasteiger partial charge on any atom is 0.355 e. The van der Waals surface area contributed by atoms with Gasteiger partial charge in [0.05, 0.1) is 5.01 Å². The second-order valence-corrected chi connectivity index (χ2v) is 6.52. The van der Waals surface area contributed by atoms with Gasteiger partial charge in [-0.1, -0.05) is 36.7 Å². The van der Waals surface area contributed by atoms with Crippen LogP contribution in [0.2, 0.25) is 5.02 Å². The number of hydrogen-bond donors (Lipinski definition) is 2. The van der Waals surface area contributed by atoms with Crippen molar-refractivity contribution in [3.63, 3.8) is 0 Å². The fourth-order valence-corrected chi connectivity index (χ4v) is 3.06. The topological polar surface area (TPSA) is 79.3 Å². The third kappa shape index (κ3) is 5.04. The molecule has 0 aliphatic heterocycles. The Labute approximate surface area is 143 Å². The Hall–Kier alpha value is -1.92. The van der Waals surface area contributed by atoms with E-state index in [2.05, 4.69) is 10.3 Å². The normalized spacial score (nSPS) is 11.9. The number of benzene rings is 1. The smallest absolute Gasteiger partial charge is 0.355 e. The summed E-state index contributed by atoms with van der Waals surface area (Å²) in [5.74, 6) is -1.29. The van der Waals surface area contributed by atoms with E-state index in [1.54, 1.807) is 0 Å². The Morgan fingerprint density at radius 2 is 2.13 bits per heavy atom. The molecule has 23 heavy (non-hydrogen) atoms. The second kappa shape index (κ2) is 8.08.